The molecule has 0 saturated heterocycles. The van der Waals surface area contributed by atoms with Crippen LogP contribution in [0.15, 0.2) is 35.0 Å². The van der Waals surface area contributed by atoms with E-state index in [1.54, 1.807) is 17.4 Å². The van der Waals surface area contributed by atoms with Crippen LogP contribution < -0.4 is 10.6 Å². The fourth-order valence-corrected chi connectivity index (χ4v) is 2.73. The second kappa shape index (κ2) is 7.79. The van der Waals surface area contributed by atoms with E-state index in [4.69, 9.17) is 4.52 Å². The van der Waals surface area contributed by atoms with Gasteiger partial charge in [0.15, 0.2) is 17.3 Å². The van der Waals surface area contributed by atoms with Gasteiger partial charge in [-0.25, -0.2) is 0 Å². The lowest BCUT2D eigenvalue weighted by Gasteiger charge is -2.04. The Morgan fingerprint density at radius 1 is 1.24 bits per heavy atom. The molecule has 10 heteroatoms. The monoisotopic (exact) mass is 360 g/mol. The summed E-state index contributed by atoms with van der Waals surface area (Å²) in [5, 5.41) is 17.1. The molecule has 3 aromatic rings. The van der Waals surface area contributed by atoms with Crippen molar-refractivity contribution in [2.45, 2.75) is 13.5 Å². The number of carbonyl (C=O) groups excluding carboxylic acids is 2. The number of fused-ring (bicyclic) bond motifs is 1. The molecule has 9 nitrogen and oxygen atoms in total. The van der Waals surface area contributed by atoms with Gasteiger partial charge in [0.1, 0.15) is 5.76 Å². The predicted octanol–water partition coefficient (Wildman–Crippen LogP) is 1.01. The molecule has 0 spiro atoms. The molecule has 0 saturated carbocycles. The Morgan fingerprint density at radius 2 is 2.08 bits per heavy atom. The van der Waals surface area contributed by atoms with Crippen LogP contribution in [0.4, 0.5) is 5.82 Å². The molecule has 0 aromatic carbocycles. The van der Waals surface area contributed by atoms with Gasteiger partial charge in [-0.3, -0.25) is 14.0 Å². The van der Waals surface area contributed by atoms with E-state index in [0.29, 0.717) is 17.4 Å². The van der Waals surface area contributed by atoms with E-state index in [1.807, 2.05) is 24.4 Å². The fraction of sp³-hybridized carbons (Fsp3) is 0.267. The zero-order chi connectivity index (χ0) is 17.6. The summed E-state index contributed by atoms with van der Waals surface area (Å²) < 4.78 is 6.66. The van der Waals surface area contributed by atoms with Crippen LogP contribution in [0.2, 0.25) is 0 Å². The molecule has 0 radical (unpaired) electrons. The molecule has 0 unspecified atom stereocenters. The molecule has 0 aliphatic rings. The zero-order valence-corrected chi connectivity index (χ0v) is 14.2. The van der Waals surface area contributed by atoms with Crippen molar-refractivity contribution >= 4 is 35.0 Å². The highest BCUT2D eigenvalue weighted by atomic mass is 32.2. The third-order valence-corrected chi connectivity index (χ3v) is 4.12. The van der Waals surface area contributed by atoms with Gasteiger partial charge in [0.05, 0.1) is 18.1 Å². The molecule has 0 aliphatic carbocycles. The molecule has 0 bridgehead atoms. The lowest BCUT2D eigenvalue weighted by molar-refractivity contribution is -0.118. The maximum Gasteiger partial charge on any atom is 0.235 e. The summed E-state index contributed by atoms with van der Waals surface area (Å²) in [5.74, 6) is 1.52. The van der Waals surface area contributed by atoms with E-state index in [0.717, 1.165) is 5.65 Å². The minimum atomic E-state index is -0.241. The average Bonchev–Trinajstić information content (AvgIpc) is 3.19. The molecular formula is C15H16N6O3S. The zero-order valence-electron chi connectivity index (χ0n) is 13.4. The van der Waals surface area contributed by atoms with Crippen molar-refractivity contribution in [2.24, 2.45) is 0 Å². The van der Waals surface area contributed by atoms with Gasteiger partial charge in [-0.1, -0.05) is 11.2 Å². The topological polar surface area (TPSA) is 114 Å². The lowest BCUT2D eigenvalue weighted by atomic mass is 10.4. The molecule has 3 heterocycles. The highest BCUT2D eigenvalue weighted by Gasteiger charge is 2.10. The van der Waals surface area contributed by atoms with Gasteiger partial charge in [-0.2, -0.15) is 0 Å². The first-order valence-electron chi connectivity index (χ1n) is 7.48. The van der Waals surface area contributed by atoms with Crippen molar-refractivity contribution in [3.63, 3.8) is 0 Å². The summed E-state index contributed by atoms with van der Waals surface area (Å²) in [7, 11) is 0. The van der Waals surface area contributed by atoms with Gasteiger partial charge >= 0.3 is 0 Å². The van der Waals surface area contributed by atoms with Crippen LogP contribution in [0.1, 0.15) is 11.6 Å². The van der Waals surface area contributed by atoms with Crippen LogP contribution >= 0.6 is 11.8 Å². The SMILES string of the molecule is Cc1cc(NC(=O)CSCC(=O)NCc2nnc3ccccn23)no1. The van der Waals surface area contributed by atoms with Gasteiger partial charge in [0, 0.05) is 12.3 Å². The van der Waals surface area contributed by atoms with Crippen molar-refractivity contribution in [1.82, 2.24) is 25.1 Å². The van der Waals surface area contributed by atoms with E-state index >= 15 is 0 Å². The number of pyridine rings is 1. The van der Waals surface area contributed by atoms with Crippen LogP contribution in [0.3, 0.4) is 0 Å². The van der Waals surface area contributed by atoms with E-state index in [9.17, 15) is 9.59 Å². The first kappa shape index (κ1) is 17.0. The van der Waals surface area contributed by atoms with Gasteiger partial charge in [-0.05, 0) is 19.1 Å². The lowest BCUT2D eigenvalue weighted by Crippen LogP contribution is -2.26. The number of hydrogen-bond donors (Lipinski definition) is 2. The van der Waals surface area contributed by atoms with E-state index in [-0.39, 0.29) is 29.9 Å². The summed E-state index contributed by atoms with van der Waals surface area (Å²) in [6, 6.07) is 7.20. The van der Waals surface area contributed by atoms with Crippen LogP contribution in [0, 0.1) is 6.92 Å². The maximum absolute atomic E-state index is 11.9. The maximum atomic E-state index is 11.9. The Balaban J connectivity index is 1.39. The molecule has 0 aliphatic heterocycles. The Kier molecular flexibility index (Phi) is 5.29. The molecule has 130 valence electrons. The minimum Gasteiger partial charge on any atom is -0.360 e. The molecule has 25 heavy (non-hydrogen) atoms. The van der Waals surface area contributed by atoms with Gasteiger partial charge < -0.3 is 15.2 Å². The molecule has 0 atom stereocenters. The standard InChI is InChI=1S/C15H16N6O3S/c1-10-6-11(20-24-10)17-15(23)9-25-8-14(22)16-7-13-19-18-12-4-2-3-5-21(12)13/h2-6H,7-9H2,1H3,(H,16,22)(H,17,20,23). The molecular weight excluding hydrogens is 344 g/mol. The number of hydrogen-bond acceptors (Lipinski definition) is 7. The van der Waals surface area contributed by atoms with Crippen LogP contribution in [-0.4, -0.2) is 43.1 Å². The number of rotatable bonds is 7. The van der Waals surface area contributed by atoms with Crippen molar-refractivity contribution in [3.8, 4) is 0 Å². The predicted molar refractivity (Wildman–Crippen MR) is 92.0 cm³/mol. The summed E-state index contributed by atoms with van der Waals surface area (Å²) >= 11 is 1.21. The number of anilines is 1. The number of thioether (sulfide) groups is 1. The molecule has 3 rings (SSSR count). The van der Waals surface area contributed by atoms with E-state index < -0.39 is 0 Å². The summed E-state index contributed by atoms with van der Waals surface area (Å²) in [5.41, 5.74) is 0.723. The van der Waals surface area contributed by atoms with Crippen molar-refractivity contribution in [2.75, 3.05) is 16.8 Å². The first-order valence-corrected chi connectivity index (χ1v) is 8.63. The van der Waals surface area contributed by atoms with E-state index in [2.05, 4.69) is 26.0 Å². The smallest absolute Gasteiger partial charge is 0.235 e. The summed E-state index contributed by atoms with van der Waals surface area (Å²) in [6.07, 6.45) is 1.83. The molecule has 2 N–H and O–H groups in total. The van der Waals surface area contributed by atoms with Crippen molar-refractivity contribution in [3.05, 3.63) is 42.0 Å². The largest absolute Gasteiger partial charge is 0.360 e. The van der Waals surface area contributed by atoms with Crippen LogP contribution in [-0.2, 0) is 16.1 Å². The van der Waals surface area contributed by atoms with E-state index in [1.165, 1.54) is 11.8 Å². The Bertz CT molecular complexity index is 890. The number of aryl methyl sites for hydroxylation is 1. The highest BCUT2D eigenvalue weighted by Crippen LogP contribution is 2.08. The van der Waals surface area contributed by atoms with Gasteiger partial charge in [-0.15, -0.1) is 22.0 Å². The highest BCUT2D eigenvalue weighted by molar-refractivity contribution is 8.00. The second-order valence-electron chi connectivity index (χ2n) is 5.19. The number of carbonyl (C=O) groups is 2. The average molecular weight is 360 g/mol. The summed E-state index contributed by atoms with van der Waals surface area (Å²) in [6.45, 7) is 2.01. The molecule has 3 aromatic heterocycles. The third kappa shape index (κ3) is 4.57. The quantitative estimate of drug-likeness (QED) is 0.646. The second-order valence-corrected chi connectivity index (χ2v) is 6.17. The Hall–Kier alpha value is -2.88. The van der Waals surface area contributed by atoms with Crippen LogP contribution in [0.25, 0.3) is 5.65 Å². The van der Waals surface area contributed by atoms with Crippen molar-refractivity contribution in [1.29, 1.82) is 0 Å². The van der Waals surface area contributed by atoms with Crippen LogP contribution in [0.5, 0.6) is 0 Å². The Morgan fingerprint density at radius 3 is 2.88 bits per heavy atom. The third-order valence-electron chi connectivity index (χ3n) is 3.19. The molecule has 0 fully saturated rings. The number of amides is 2. The fourth-order valence-electron chi connectivity index (χ4n) is 2.08. The molecule has 2 amide bonds. The number of nitrogens with one attached hydrogen (secondary N) is 2. The first-order chi connectivity index (χ1) is 12.1. The summed E-state index contributed by atoms with van der Waals surface area (Å²) in [4.78, 5) is 23.6. The number of aromatic nitrogens is 4. The minimum absolute atomic E-state index is 0.146. The van der Waals surface area contributed by atoms with Crippen molar-refractivity contribution < 1.29 is 14.1 Å². The Labute approximate surface area is 147 Å². The number of nitrogens with zero attached hydrogens (tertiary/aromatic N) is 4. The van der Waals surface area contributed by atoms with Gasteiger partial charge in [0.2, 0.25) is 11.8 Å². The van der Waals surface area contributed by atoms with Gasteiger partial charge in [0.25, 0.3) is 0 Å². The normalized spacial score (nSPS) is 10.8.